The summed E-state index contributed by atoms with van der Waals surface area (Å²) in [5.41, 5.74) is 1.54. The topological polar surface area (TPSA) is 64.3 Å². The van der Waals surface area contributed by atoms with Crippen molar-refractivity contribution in [2.45, 2.75) is 6.92 Å². The molecule has 1 aliphatic rings. The maximum Gasteiger partial charge on any atom is 0.308 e. The van der Waals surface area contributed by atoms with Gasteiger partial charge in [0.2, 0.25) is 0 Å². The molecule has 2 atom stereocenters. The highest BCUT2D eigenvalue weighted by Crippen LogP contribution is 2.30. The number of anilines is 1. The van der Waals surface area contributed by atoms with Crippen molar-refractivity contribution in [3.05, 3.63) is 28.2 Å². The fourth-order valence-electron chi connectivity index (χ4n) is 2.29. The van der Waals surface area contributed by atoms with E-state index < -0.39 is 5.97 Å². The van der Waals surface area contributed by atoms with Gasteiger partial charge in [0, 0.05) is 23.2 Å². The molecule has 18 heavy (non-hydrogen) atoms. The zero-order chi connectivity index (χ0) is 13.3. The molecular weight excluding hydrogens is 296 g/mol. The minimum atomic E-state index is -0.738. The molecule has 94 valence electrons. The van der Waals surface area contributed by atoms with Crippen LogP contribution in [0.2, 0.25) is 0 Å². The smallest absolute Gasteiger partial charge is 0.308 e. The molecule has 1 saturated heterocycles. The molecule has 0 aromatic heterocycles. The van der Waals surface area contributed by atoms with E-state index in [1.165, 1.54) is 0 Å². The summed E-state index contributed by atoms with van der Waals surface area (Å²) in [5, 5.41) is 18.0. The van der Waals surface area contributed by atoms with Gasteiger partial charge >= 0.3 is 5.97 Å². The first-order valence-electron chi connectivity index (χ1n) is 5.70. The Morgan fingerprint density at radius 2 is 2.28 bits per heavy atom. The van der Waals surface area contributed by atoms with Crippen LogP contribution in [0.15, 0.2) is 22.7 Å². The summed E-state index contributed by atoms with van der Waals surface area (Å²) in [6, 6.07) is 7.57. The Hall–Kier alpha value is -1.54. The highest BCUT2D eigenvalue weighted by Gasteiger charge is 2.34. The highest BCUT2D eigenvalue weighted by molar-refractivity contribution is 9.10. The molecule has 1 aromatic rings. The monoisotopic (exact) mass is 308 g/mol. The van der Waals surface area contributed by atoms with Crippen molar-refractivity contribution < 1.29 is 9.90 Å². The molecule has 4 nitrogen and oxygen atoms in total. The lowest BCUT2D eigenvalue weighted by Gasteiger charge is -2.18. The van der Waals surface area contributed by atoms with Crippen LogP contribution in [0.1, 0.15) is 12.5 Å². The third-order valence-electron chi connectivity index (χ3n) is 3.37. The van der Waals surface area contributed by atoms with E-state index in [0.29, 0.717) is 12.1 Å². The van der Waals surface area contributed by atoms with Crippen molar-refractivity contribution in [2.24, 2.45) is 11.8 Å². The Morgan fingerprint density at radius 1 is 1.56 bits per heavy atom. The second-order valence-corrected chi connectivity index (χ2v) is 5.46. The van der Waals surface area contributed by atoms with Crippen molar-refractivity contribution in [3.63, 3.8) is 0 Å². The van der Waals surface area contributed by atoms with Crippen molar-refractivity contribution in [2.75, 3.05) is 18.0 Å². The molecule has 1 aromatic carbocycles. The average Bonchev–Trinajstić information content (AvgIpc) is 2.71. The zero-order valence-corrected chi connectivity index (χ0v) is 11.5. The summed E-state index contributed by atoms with van der Waals surface area (Å²) < 4.78 is 0.744. The second-order valence-electron chi connectivity index (χ2n) is 4.60. The number of rotatable bonds is 2. The van der Waals surface area contributed by atoms with Crippen LogP contribution in [0, 0.1) is 23.2 Å². The quantitative estimate of drug-likeness (QED) is 0.911. The van der Waals surface area contributed by atoms with E-state index in [-0.39, 0.29) is 11.8 Å². The van der Waals surface area contributed by atoms with Crippen LogP contribution in [-0.2, 0) is 4.79 Å². The van der Waals surface area contributed by atoms with E-state index in [9.17, 15) is 4.79 Å². The molecule has 0 spiro atoms. The second kappa shape index (κ2) is 4.99. The van der Waals surface area contributed by atoms with E-state index in [4.69, 9.17) is 10.4 Å². The molecule has 0 amide bonds. The molecule has 0 saturated carbocycles. The Kier molecular flexibility index (Phi) is 3.58. The van der Waals surface area contributed by atoms with Gasteiger partial charge in [0.25, 0.3) is 0 Å². The third-order valence-corrected chi connectivity index (χ3v) is 4.02. The van der Waals surface area contributed by atoms with Crippen LogP contribution in [0.4, 0.5) is 5.69 Å². The van der Waals surface area contributed by atoms with E-state index in [2.05, 4.69) is 26.9 Å². The Bertz CT molecular complexity index is 524. The van der Waals surface area contributed by atoms with Crippen molar-refractivity contribution in [3.8, 4) is 6.07 Å². The third kappa shape index (κ3) is 2.34. The minimum absolute atomic E-state index is 0.136. The summed E-state index contributed by atoms with van der Waals surface area (Å²) in [7, 11) is 0. The summed E-state index contributed by atoms with van der Waals surface area (Å²) >= 11 is 3.35. The van der Waals surface area contributed by atoms with E-state index in [1.54, 1.807) is 6.07 Å². The van der Waals surface area contributed by atoms with Crippen LogP contribution < -0.4 is 4.90 Å². The number of hydrogen-bond acceptors (Lipinski definition) is 3. The van der Waals surface area contributed by atoms with Gasteiger partial charge in [0.1, 0.15) is 6.07 Å². The number of nitrogens with zero attached hydrogens (tertiary/aromatic N) is 2. The van der Waals surface area contributed by atoms with E-state index >= 15 is 0 Å². The molecule has 1 fully saturated rings. The fraction of sp³-hybridized carbons (Fsp3) is 0.385. The first-order chi connectivity index (χ1) is 8.52. The van der Waals surface area contributed by atoms with Gasteiger partial charge in [-0.2, -0.15) is 5.26 Å². The number of aliphatic carboxylic acids is 1. The maximum atomic E-state index is 11.1. The van der Waals surface area contributed by atoms with Gasteiger partial charge in [0.05, 0.1) is 11.5 Å². The number of carbonyl (C=O) groups is 1. The number of hydrogen-bond donors (Lipinski definition) is 1. The molecule has 2 rings (SSSR count). The Morgan fingerprint density at radius 3 is 2.78 bits per heavy atom. The van der Waals surface area contributed by atoms with Crippen LogP contribution in [-0.4, -0.2) is 24.2 Å². The van der Waals surface area contributed by atoms with Crippen LogP contribution in [0.3, 0.4) is 0 Å². The molecular formula is C13H13BrN2O2. The Balaban J connectivity index is 2.22. The largest absolute Gasteiger partial charge is 0.481 e. The van der Waals surface area contributed by atoms with E-state index in [1.807, 2.05) is 19.1 Å². The van der Waals surface area contributed by atoms with Gasteiger partial charge in [0.15, 0.2) is 0 Å². The number of halogens is 1. The summed E-state index contributed by atoms with van der Waals surface area (Å²) in [6.07, 6.45) is 0. The molecule has 1 aliphatic heterocycles. The first kappa shape index (κ1) is 12.9. The van der Waals surface area contributed by atoms with Gasteiger partial charge in [-0.25, -0.2) is 0 Å². The standard InChI is InChI=1S/C13H13BrN2O2/c1-8-6-16(7-11(8)13(17)18)10-3-2-9(5-15)12(14)4-10/h2-4,8,11H,6-7H2,1H3,(H,17,18). The van der Waals surface area contributed by atoms with Gasteiger partial charge < -0.3 is 10.0 Å². The normalized spacial score (nSPS) is 22.8. The van der Waals surface area contributed by atoms with Gasteiger partial charge in [-0.3, -0.25) is 4.79 Å². The van der Waals surface area contributed by atoms with E-state index in [0.717, 1.165) is 16.7 Å². The van der Waals surface area contributed by atoms with Gasteiger partial charge in [-0.05, 0) is 40.0 Å². The molecule has 0 aliphatic carbocycles. The van der Waals surface area contributed by atoms with Crippen molar-refractivity contribution in [1.29, 1.82) is 5.26 Å². The molecule has 2 unspecified atom stereocenters. The van der Waals surface area contributed by atoms with Crippen LogP contribution in [0.25, 0.3) is 0 Å². The summed E-state index contributed by atoms with van der Waals surface area (Å²) in [5.74, 6) is -0.922. The van der Waals surface area contributed by atoms with Crippen molar-refractivity contribution >= 4 is 27.6 Å². The molecule has 5 heteroatoms. The van der Waals surface area contributed by atoms with Crippen LogP contribution >= 0.6 is 15.9 Å². The number of carboxylic acid groups (broad SMARTS) is 1. The SMILES string of the molecule is CC1CN(c2ccc(C#N)c(Br)c2)CC1C(=O)O. The molecule has 0 bridgehead atoms. The predicted molar refractivity (Wildman–Crippen MR) is 71.4 cm³/mol. The first-order valence-corrected chi connectivity index (χ1v) is 6.49. The van der Waals surface area contributed by atoms with Gasteiger partial charge in [-0.1, -0.05) is 6.92 Å². The predicted octanol–water partition coefficient (Wildman–Crippen LogP) is 2.48. The summed E-state index contributed by atoms with van der Waals surface area (Å²) in [6.45, 7) is 3.21. The minimum Gasteiger partial charge on any atom is -0.481 e. The zero-order valence-electron chi connectivity index (χ0n) is 9.93. The highest BCUT2D eigenvalue weighted by atomic mass is 79.9. The lowest BCUT2D eigenvalue weighted by atomic mass is 9.99. The number of nitriles is 1. The van der Waals surface area contributed by atoms with Crippen molar-refractivity contribution in [1.82, 2.24) is 0 Å². The fourth-order valence-corrected chi connectivity index (χ4v) is 2.75. The number of carboxylic acids is 1. The average molecular weight is 309 g/mol. The molecule has 0 radical (unpaired) electrons. The molecule has 1 N–H and O–H groups in total. The summed E-state index contributed by atoms with van der Waals surface area (Å²) in [4.78, 5) is 13.1. The lowest BCUT2D eigenvalue weighted by molar-refractivity contribution is -0.142. The molecule has 1 heterocycles. The lowest BCUT2D eigenvalue weighted by Crippen LogP contribution is -2.23. The Labute approximate surface area is 114 Å². The maximum absolute atomic E-state index is 11.1. The number of benzene rings is 1. The van der Waals surface area contributed by atoms with Gasteiger partial charge in [-0.15, -0.1) is 0 Å². The van der Waals surface area contributed by atoms with Crippen LogP contribution in [0.5, 0.6) is 0 Å².